The Morgan fingerprint density at radius 2 is 2.29 bits per heavy atom. The molecule has 5 nitrogen and oxygen atoms in total. The second kappa shape index (κ2) is 5.81. The van der Waals surface area contributed by atoms with Gasteiger partial charge in [0.05, 0.1) is 0 Å². The Morgan fingerprint density at radius 1 is 1.48 bits per heavy atom. The normalized spacial score (nSPS) is 17.6. The Morgan fingerprint density at radius 3 is 3.05 bits per heavy atom. The van der Waals surface area contributed by atoms with Gasteiger partial charge in [-0.05, 0) is 24.0 Å². The predicted octanol–water partition coefficient (Wildman–Crippen LogP) is 2.68. The first-order valence-electron chi connectivity index (χ1n) is 7.10. The van der Waals surface area contributed by atoms with Crippen LogP contribution >= 0.6 is 11.5 Å². The Labute approximate surface area is 127 Å². The molecule has 1 atom stereocenters. The molecule has 0 radical (unpaired) electrons. The van der Waals surface area contributed by atoms with Gasteiger partial charge in [-0.1, -0.05) is 31.2 Å². The lowest BCUT2D eigenvalue weighted by Crippen LogP contribution is -2.39. The molecule has 3 rings (SSSR count). The van der Waals surface area contributed by atoms with Gasteiger partial charge in [0.2, 0.25) is 5.13 Å². The van der Waals surface area contributed by atoms with Gasteiger partial charge in [-0.15, -0.1) is 0 Å². The molecule has 0 aliphatic carbocycles. The lowest BCUT2D eigenvalue weighted by Gasteiger charge is -2.34. The van der Waals surface area contributed by atoms with Gasteiger partial charge in [0.15, 0.2) is 6.04 Å². The van der Waals surface area contributed by atoms with Crippen molar-refractivity contribution >= 4 is 22.6 Å². The molecule has 110 valence electrons. The molecule has 2 aromatic rings. The quantitative estimate of drug-likeness (QED) is 0.940. The SMILES string of the molecule is CCCc1nsc(N2CCc3ccccc3C2C(=O)O)n1. The van der Waals surface area contributed by atoms with Crippen molar-refractivity contribution in [1.82, 2.24) is 9.36 Å². The van der Waals surface area contributed by atoms with Gasteiger partial charge >= 0.3 is 5.97 Å². The number of anilines is 1. The van der Waals surface area contributed by atoms with Gasteiger partial charge in [0.1, 0.15) is 5.82 Å². The summed E-state index contributed by atoms with van der Waals surface area (Å²) >= 11 is 1.29. The number of hydrogen-bond donors (Lipinski definition) is 1. The van der Waals surface area contributed by atoms with Crippen molar-refractivity contribution in [3.05, 3.63) is 41.2 Å². The maximum atomic E-state index is 11.7. The standard InChI is InChI=1S/C15H17N3O2S/c1-2-5-12-16-15(21-17-12)18-9-8-10-6-3-4-7-11(10)13(18)14(19)20/h3-4,6-7,13H,2,5,8-9H2,1H3,(H,19,20). The van der Waals surface area contributed by atoms with Crippen LogP contribution in [0.5, 0.6) is 0 Å². The van der Waals surface area contributed by atoms with Crippen LogP contribution in [0.25, 0.3) is 0 Å². The highest BCUT2D eigenvalue weighted by atomic mass is 32.1. The van der Waals surface area contributed by atoms with E-state index < -0.39 is 12.0 Å². The summed E-state index contributed by atoms with van der Waals surface area (Å²) in [6, 6.07) is 7.08. The molecule has 0 saturated heterocycles. The van der Waals surface area contributed by atoms with E-state index in [2.05, 4.69) is 16.3 Å². The number of aliphatic carboxylic acids is 1. The van der Waals surface area contributed by atoms with E-state index in [1.165, 1.54) is 11.5 Å². The number of aromatic nitrogens is 2. The summed E-state index contributed by atoms with van der Waals surface area (Å²) in [6.07, 6.45) is 2.66. The third kappa shape index (κ3) is 2.63. The van der Waals surface area contributed by atoms with Crippen molar-refractivity contribution in [2.75, 3.05) is 11.4 Å². The summed E-state index contributed by atoms with van der Waals surface area (Å²) in [5, 5.41) is 10.4. The van der Waals surface area contributed by atoms with Gasteiger partial charge in [-0.2, -0.15) is 4.37 Å². The van der Waals surface area contributed by atoms with Crippen LogP contribution < -0.4 is 4.90 Å². The van der Waals surface area contributed by atoms with Crippen molar-refractivity contribution in [3.8, 4) is 0 Å². The Bertz CT molecular complexity index is 656. The molecule has 1 aliphatic rings. The fourth-order valence-corrected chi connectivity index (χ4v) is 3.49. The van der Waals surface area contributed by atoms with Crippen molar-refractivity contribution in [1.29, 1.82) is 0 Å². The second-order valence-electron chi connectivity index (χ2n) is 5.13. The second-order valence-corrected chi connectivity index (χ2v) is 5.86. The van der Waals surface area contributed by atoms with E-state index >= 15 is 0 Å². The van der Waals surface area contributed by atoms with E-state index in [1.54, 1.807) is 0 Å². The van der Waals surface area contributed by atoms with E-state index in [0.717, 1.165) is 36.2 Å². The summed E-state index contributed by atoms with van der Waals surface area (Å²) in [5.74, 6) is -0.0325. The Hall–Kier alpha value is -1.95. The first-order chi connectivity index (χ1) is 10.2. The number of carbonyl (C=O) groups is 1. The van der Waals surface area contributed by atoms with E-state index in [-0.39, 0.29) is 0 Å². The molecular formula is C15H17N3O2S. The smallest absolute Gasteiger partial charge is 0.331 e. The lowest BCUT2D eigenvalue weighted by molar-refractivity contribution is -0.138. The molecule has 21 heavy (non-hydrogen) atoms. The van der Waals surface area contributed by atoms with Crippen LogP contribution in [-0.4, -0.2) is 27.0 Å². The van der Waals surface area contributed by atoms with Crippen LogP contribution in [0.15, 0.2) is 24.3 Å². The van der Waals surface area contributed by atoms with E-state index in [9.17, 15) is 9.90 Å². The number of aryl methyl sites for hydroxylation is 1. The number of hydrogen-bond acceptors (Lipinski definition) is 5. The first-order valence-corrected chi connectivity index (χ1v) is 7.88. The van der Waals surface area contributed by atoms with Crippen LogP contribution in [-0.2, 0) is 17.6 Å². The fraction of sp³-hybridized carbons (Fsp3) is 0.400. The third-order valence-electron chi connectivity index (χ3n) is 3.69. The van der Waals surface area contributed by atoms with Crippen molar-refractivity contribution in [2.24, 2.45) is 0 Å². The van der Waals surface area contributed by atoms with Crippen molar-refractivity contribution in [3.63, 3.8) is 0 Å². The molecule has 0 spiro atoms. The molecule has 1 aromatic heterocycles. The van der Waals surface area contributed by atoms with Crippen LogP contribution in [0.2, 0.25) is 0 Å². The molecule has 0 bridgehead atoms. The Balaban J connectivity index is 1.96. The lowest BCUT2D eigenvalue weighted by atomic mass is 9.93. The minimum atomic E-state index is -0.839. The number of carboxylic acids is 1. The highest BCUT2D eigenvalue weighted by Gasteiger charge is 2.34. The van der Waals surface area contributed by atoms with Crippen molar-refractivity contribution < 1.29 is 9.90 Å². The molecule has 2 heterocycles. The molecule has 0 saturated carbocycles. The molecule has 0 amide bonds. The monoisotopic (exact) mass is 303 g/mol. The van der Waals surface area contributed by atoms with Crippen LogP contribution in [0.4, 0.5) is 5.13 Å². The van der Waals surface area contributed by atoms with Crippen molar-refractivity contribution in [2.45, 2.75) is 32.2 Å². The number of rotatable bonds is 4. The average Bonchev–Trinajstić information content (AvgIpc) is 2.94. The zero-order valence-electron chi connectivity index (χ0n) is 11.8. The topological polar surface area (TPSA) is 66.3 Å². The van der Waals surface area contributed by atoms with Crippen LogP contribution in [0, 0.1) is 0 Å². The van der Waals surface area contributed by atoms with Crippen LogP contribution in [0.1, 0.15) is 36.3 Å². The average molecular weight is 303 g/mol. The molecule has 0 fully saturated rings. The number of nitrogens with zero attached hydrogens (tertiary/aromatic N) is 3. The van der Waals surface area contributed by atoms with Crippen LogP contribution in [0.3, 0.4) is 0 Å². The summed E-state index contributed by atoms with van der Waals surface area (Å²) in [5.41, 5.74) is 1.97. The highest BCUT2D eigenvalue weighted by molar-refractivity contribution is 7.09. The first kappa shape index (κ1) is 14.0. The summed E-state index contributed by atoms with van der Waals surface area (Å²) < 4.78 is 4.33. The zero-order chi connectivity index (χ0) is 14.8. The molecule has 6 heteroatoms. The van der Waals surface area contributed by atoms with Gasteiger partial charge in [0.25, 0.3) is 0 Å². The molecule has 1 unspecified atom stereocenters. The van der Waals surface area contributed by atoms with Gasteiger partial charge < -0.3 is 10.0 Å². The number of carboxylic acid groups (broad SMARTS) is 1. The van der Waals surface area contributed by atoms with E-state index in [4.69, 9.17) is 0 Å². The predicted molar refractivity (Wildman–Crippen MR) is 81.8 cm³/mol. The maximum Gasteiger partial charge on any atom is 0.331 e. The maximum absolute atomic E-state index is 11.7. The zero-order valence-corrected chi connectivity index (χ0v) is 12.6. The summed E-state index contributed by atoms with van der Waals surface area (Å²) in [6.45, 7) is 2.74. The molecule has 1 N–H and O–H groups in total. The summed E-state index contributed by atoms with van der Waals surface area (Å²) in [4.78, 5) is 18.1. The van der Waals surface area contributed by atoms with Gasteiger partial charge in [0, 0.05) is 24.5 Å². The van der Waals surface area contributed by atoms with Gasteiger partial charge in [-0.3, -0.25) is 0 Å². The number of fused-ring (bicyclic) bond motifs is 1. The summed E-state index contributed by atoms with van der Waals surface area (Å²) in [7, 11) is 0. The third-order valence-corrected chi connectivity index (χ3v) is 4.49. The molecular weight excluding hydrogens is 286 g/mol. The van der Waals surface area contributed by atoms with E-state index in [0.29, 0.717) is 11.7 Å². The minimum absolute atomic E-state index is 0.661. The Kier molecular flexibility index (Phi) is 3.88. The minimum Gasteiger partial charge on any atom is -0.479 e. The molecule has 1 aliphatic heterocycles. The largest absolute Gasteiger partial charge is 0.479 e. The van der Waals surface area contributed by atoms with Gasteiger partial charge in [-0.25, -0.2) is 9.78 Å². The number of benzene rings is 1. The highest BCUT2D eigenvalue weighted by Crippen LogP contribution is 2.34. The molecule has 1 aromatic carbocycles. The van der Waals surface area contributed by atoms with E-state index in [1.807, 2.05) is 29.2 Å². The fourth-order valence-electron chi connectivity index (χ4n) is 2.73.